The van der Waals surface area contributed by atoms with Crippen LogP contribution in [0.25, 0.3) is 0 Å². The van der Waals surface area contributed by atoms with Crippen molar-refractivity contribution < 1.29 is 22.7 Å². The van der Waals surface area contributed by atoms with E-state index in [-0.39, 0.29) is 28.2 Å². The lowest BCUT2D eigenvalue weighted by Gasteiger charge is -2.12. The van der Waals surface area contributed by atoms with E-state index in [1.54, 1.807) is 6.92 Å². The van der Waals surface area contributed by atoms with Crippen LogP contribution in [-0.4, -0.2) is 32.5 Å². The van der Waals surface area contributed by atoms with Crippen LogP contribution in [0.2, 0.25) is 0 Å². The molecule has 0 radical (unpaired) electrons. The Morgan fingerprint density at radius 2 is 1.89 bits per heavy atom. The summed E-state index contributed by atoms with van der Waals surface area (Å²) in [6.07, 6.45) is 0.979. The van der Waals surface area contributed by atoms with E-state index >= 15 is 0 Å². The van der Waals surface area contributed by atoms with Crippen molar-refractivity contribution in [3.63, 3.8) is 0 Å². The minimum atomic E-state index is -3.62. The highest BCUT2D eigenvalue weighted by Gasteiger charge is 2.25. The van der Waals surface area contributed by atoms with Gasteiger partial charge in [0, 0.05) is 11.8 Å². The summed E-state index contributed by atoms with van der Waals surface area (Å²) in [5.41, 5.74) is 0.134. The Morgan fingerprint density at radius 3 is 2.32 bits per heavy atom. The van der Waals surface area contributed by atoms with Crippen LogP contribution in [0.3, 0.4) is 0 Å². The van der Waals surface area contributed by atoms with Gasteiger partial charge in [-0.25, -0.2) is 13.2 Å². The molecule has 1 aromatic rings. The molecule has 0 heterocycles. The van der Waals surface area contributed by atoms with Crippen LogP contribution >= 0.6 is 11.6 Å². The van der Waals surface area contributed by atoms with Crippen LogP contribution in [-0.2, 0) is 14.6 Å². The molecule has 0 aromatic heterocycles. The highest BCUT2D eigenvalue weighted by Crippen LogP contribution is 2.25. The van der Waals surface area contributed by atoms with E-state index in [9.17, 15) is 18.0 Å². The Morgan fingerprint density at radius 1 is 1.32 bits per heavy atom. The summed E-state index contributed by atoms with van der Waals surface area (Å²) in [6, 6.07) is 2.47. The summed E-state index contributed by atoms with van der Waals surface area (Å²) in [4.78, 5) is 22.9. The van der Waals surface area contributed by atoms with Crippen LogP contribution in [0.5, 0.6) is 0 Å². The van der Waals surface area contributed by atoms with Crippen molar-refractivity contribution in [1.29, 1.82) is 0 Å². The second-order valence-corrected chi connectivity index (χ2v) is 6.21. The van der Waals surface area contributed by atoms with Gasteiger partial charge in [-0.3, -0.25) is 4.79 Å². The molecular weight excluding hydrogens is 292 g/mol. The number of esters is 1. The molecule has 0 aliphatic carbocycles. The lowest BCUT2D eigenvalue weighted by Crippen LogP contribution is -2.15. The third-order valence-electron chi connectivity index (χ3n) is 2.52. The number of carbonyl (C=O) groups is 2. The molecule has 0 unspecified atom stereocenters. The topological polar surface area (TPSA) is 77.5 Å². The molecule has 0 saturated carbocycles. The van der Waals surface area contributed by atoms with E-state index in [0.29, 0.717) is 0 Å². The quantitative estimate of drug-likeness (QED) is 0.627. The predicted octanol–water partition coefficient (Wildman–Crippen LogP) is 1.95. The smallest absolute Gasteiger partial charge is 0.339 e. The molecule has 0 amide bonds. The molecule has 0 aliphatic heterocycles. The van der Waals surface area contributed by atoms with Gasteiger partial charge in [-0.2, -0.15) is 0 Å². The Balaban J connectivity index is 3.65. The highest BCUT2D eigenvalue weighted by molar-refractivity contribution is 7.90. The van der Waals surface area contributed by atoms with Crippen LogP contribution in [0, 0.1) is 6.92 Å². The molecular formula is C12H13ClO5S. The van der Waals surface area contributed by atoms with Gasteiger partial charge in [0.05, 0.1) is 17.1 Å². The number of benzene rings is 1. The van der Waals surface area contributed by atoms with E-state index in [2.05, 4.69) is 0 Å². The molecule has 7 heteroatoms. The zero-order valence-corrected chi connectivity index (χ0v) is 12.3. The molecule has 0 fully saturated rings. The maximum Gasteiger partial charge on any atom is 0.339 e. The Kier molecular flexibility index (Phi) is 4.70. The number of rotatable bonds is 4. The third kappa shape index (κ3) is 3.33. The van der Waals surface area contributed by atoms with Crippen molar-refractivity contribution in [2.24, 2.45) is 0 Å². The number of sulfone groups is 1. The minimum Gasteiger partial charge on any atom is -0.462 e. The van der Waals surface area contributed by atoms with Gasteiger partial charge in [-0.1, -0.05) is 0 Å². The summed E-state index contributed by atoms with van der Waals surface area (Å²) in [7, 11) is -3.62. The van der Waals surface area contributed by atoms with Crippen LogP contribution in [0.15, 0.2) is 17.0 Å². The first-order valence-electron chi connectivity index (χ1n) is 5.40. The molecule has 19 heavy (non-hydrogen) atoms. The van der Waals surface area contributed by atoms with Gasteiger partial charge in [0.25, 0.3) is 5.24 Å². The maximum absolute atomic E-state index is 11.9. The molecule has 0 aliphatic rings. The first-order chi connectivity index (χ1) is 8.70. The first-order valence-corrected chi connectivity index (χ1v) is 7.67. The molecule has 1 rings (SSSR count). The molecule has 0 atom stereocenters. The fraction of sp³-hybridized carbons (Fsp3) is 0.333. The summed E-state index contributed by atoms with van der Waals surface area (Å²) >= 11 is 5.39. The first kappa shape index (κ1) is 15.7. The highest BCUT2D eigenvalue weighted by atomic mass is 35.5. The van der Waals surface area contributed by atoms with Crippen molar-refractivity contribution in [1.82, 2.24) is 0 Å². The minimum absolute atomic E-state index is 0.0807. The Hall–Kier alpha value is -1.40. The lowest BCUT2D eigenvalue weighted by molar-refractivity contribution is 0.0521. The fourth-order valence-electron chi connectivity index (χ4n) is 1.67. The summed E-state index contributed by atoms with van der Waals surface area (Å²) in [5, 5.41) is -0.761. The lowest BCUT2D eigenvalue weighted by atomic mass is 10.0. The molecule has 5 nitrogen and oxygen atoms in total. The van der Waals surface area contributed by atoms with Crippen molar-refractivity contribution in [3.05, 3.63) is 28.8 Å². The summed E-state index contributed by atoms with van der Waals surface area (Å²) < 4.78 is 28.2. The van der Waals surface area contributed by atoms with Gasteiger partial charge < -0.3 is 4.74 Å². The number of halogens is 1. The Labute approximate surface area is 116 Å². The van der Waals surface area contributed by atoms with Crippen molar-refractivity contribution in [2.75, 3.05) is 12.9 Å². The Bertz CT molecular complexity index is 634. The van der Waals surface area contributed by atoms with E-state index < -0.39 is 21.0 Å². The zero-order chi connectivity index (χ0) is 14.8. The molecule has 0 spiro atoms. The van der Waals surface area contributed by atoms with Gasteiger partial charge in [-0.05, 0) is 43.1 Å². The molecule has 1 aromatic carbocycles. The van der Waals surface area contributed by atoms with E-state index in [4.69, 9.17) is 16.3 Å². The van der Waals surface area contributed by atoms with Crippen LogP contribution in [0.4, 0.5) is 0 Å². The third-order valence-corrected chi connectivity index (χ3v) is 3.86. The summed E-state index contributed by atoms with van der Waals surface area (Å²) in [6.45, 7) is 3.15. The van der Waals surface area contributed by atoms with Gasteiger partial charge in [0.1, 0.15) is 0 Å². The second kappa shape index (κ2) is 5.71. The van der Waals surface area contributed by atoms with E-state index in [0.717, 1.165) is 6.26 Å². The number of ether oxygens (including phenoxy) is 1. The van der Waals surface area contributed by atoms with Gasteiger partial charge >= 0.3 is 5.97 Å². The average Bonchev–Trinajstić information content (AvgIpc) is 2.26. The fourth-order valence-corrected chi connectivity index (χ4v) is 2.79. The standard InChI is InChI=1S/C12H13ClO5S/c1-4-18-12(15)10-7(2)8(11(13)14)5-6-9(10)19(3,16)17/h5-6H,4H2,1-3H3. The van der Waals surface area contributed by atoms with Gasteiger partial charge in [0.15, 0.2) is 9.84 Å². The van der Waals surface area contributed by atoms with Crippen molar-refractivity contribution in [2.45, 2.75) is 18.7 Å². The zero-order valence-electron chi connectivity index (χ0n) is 10.7. The van der Waals surface area contributed by atoms with Crippen LogP contribution in [0.1, 0.15) is 33.2 Å². The molecule has 0 saturated heterocycles. The van der Waals surface area contributed by atoms with Crippen molar-refractivity contribution in [3.8, 4) is 0 Å². The van der Waals surface area contributed by atoms with Gasteiger partial charge in [-0.15, -0.1) is 0 Å². The van der Waals surface area contributed by atoms with Gasteiger partial charge in [0.2, 0.25) is 0 Å². The number of hydrogen-bond donors (Lipinski definition) is 0. The number of carbonyl (C=O) groups excluding carboxylic acids is 2. The monoisotopic (exact) mass is 304 g/mol. The SMILES string of the molecule is CCOC(=O)c1c(S(C)(=O)=O)ccc(C(=O)Cl)c1C. The summed E-state index contributed by atoms with van der Waals surface area (Å²) in [5.74, 6) is -0.791. The van der Waals surface area contributed by atoms with Crippen LogP contribution < -0.4 is 0 Å². The molecule has 0 bridgehead atoms. The maximum atomic E-state index is 11.9. The van der Waals surface area contributed by atoms with E-state index in [1.807, 2.05) is 0 Å². The molecule has 104 valence electrons. The number of hydrogen-bond acceptors (Lipinski definition) is 5. The predicted molar refractivity (Wildman–Crippen MR) is 70.4 cm³/mol. The van der Waals surface area contributed by atoms with E-state index in [1.165, 1.54) is 19.1 Å². The average molecular weight is 305 g/mol. The van der Waals surface area contributed by atoms with Crippen molar-refractivity contribution >= 4 is 32.6 Å². The second-order valence-electron chi connectivity index (χ2n) is 3.88. The molecule has 0 N–H and O–H groups in total. The largest absolute Gasteiger partial charge is 0.462 e. The normalized spacial score (nSPS) is 11.2.